The highest BCUT2D eigenvalue weighted by atomic mass is 16.5. The monoisotopic (exact) mass is 208 g/mol. The van der Waals surface area contributed by atoms with Gasteiger partial charge in [-0.25, -0.2) is 0 Å². The first-order valence-corrected chi connectivity index (χ1v) is 5.12. The lowest BCUT2D eigenvalue weighted by molar-refractivity contribution is 0.186. The minimum absolute atomic E-state index is 0.155. The molecule has 1 aromatic heterocycles. The van der Waals surface area contributed by atoms with E-state index < -0.39 is 0 Å². The molecule has 15 heavy (non-hydrogen) atoms. The first-order valence-electron chi connectivity index (χ1n) is 5.12. The Morgan fingerprint density at radius 3 is 3.13 bits per heavy atom. The molecule has 5 heteroatoms. The number of aromatic nitrogens is 3. The molecule has 0 aromatic carbocycles. The van der Waals surface area contributed by atoms with Gasteiger partial charge in [0, 0.05) is 25.6 Å². The van der Waals surface area contributed by atoms with Crippen LogP contribution in [0.2, 0.25) is 0 Å². The Kier molecular flexibility index (Phi) is 3.13. The zero-order chi connectivity index (χ0) is 10.7. The largest absolute Gasteiger partial charge is 0.383 e. The molecular formula is C10H16N4O. The van der Waals surface area contributed by atoms with Crippen LogP contribution in [0.5, 0.6) is 0 Å². The topological polar surface area (TPSA) is 66.0 Å². The molecule has 0 saturated heterocycles. The molecule has 2 atom stereocenters. The summed E-state index contributed by atoms with van der Waals surface area (Å²) in [5.41, 5.74) is 5.81. The zero-order valence-electron chi connectivity index (χ0n) is 8.84. The van der Waals surface area contributed by atoms with Crippen molar-refractivity contribution in [3.05, 3.63) is 24.3 Å². The number of hydrogen-bond donors (Lipinski definition) is 1. The van der Waals surface area contributed by atoms with Gasteiger partial charge < -0.3 is 15.0 Å². The summed E-state index contributed by atoms with van der Waals surface area (Å²) in [5, 5.41) is 8.06. The molecule has 0 spiro atoms. The Morgan fingerprint density at radius 1 is 1.60 bits per heavy atom. The van der Waals surface area contributed by atoms with E-state index in [-0.39, 0.29) is 6.04 Å². The summed E-state index contributed by atoms with van der Waals surface area (Å²) in [5.74, 6) is 1.29. The number of methoxy groups -OCH3 is 1. The lowest BCUT2D eigenvalue weighted by Gasteiger charge is -2.10. The molecule has 1 heterocycles. The normalized spacial score (nSPS) is 24.9. The Balaban J connectivity index is 2.07. The Labute approximate surface area is 88.9 Å². The zero-order valence-corrected chi connectivity index (χ0v) is 8.84. The van der Waals surface area contributed by atoms with Crippen molar-refractivity contribution in [2.24, 2.45) is 5.73 Å². The van der Waals surface area contributed by atoms with Crippen LogP contribution in [0.4, 0.5) is 0 Å². The van der Waals surface area contributed by atoms with Gasteiger partial charge in [0.15, 0.2) is 0 Å². The van der Waals surface area contributed by atoms with Crippen molar-refractivity contribution in [3.63, 3.8) is 0 Å². The van der Waals surface area contributed by atoms with Gasteiger partial charge in [0.2, 0.25) is 0 Å². The third-order valence-corrected chi connectivity index (χ3v) is 2.63. The van der Waals surface area contributed by atoms with E-state index in [9.17, 15) is 0 Å². The Morgan fingerprint density at radius 2 is 2.47 bits per heavy atom. The highest BCUT2D eigenvalue weighted by Crippen LogP contribution is 2.25. The van der Waals surface area contributed by atoms with Crippen LogP contribution in [0.3, 0.4) is 0 Å². The molecule has 5 nitrogen and oxygen atoms in total. The predicted molar refractivity (Wildman–Crippen MR) is 56.4 cm³/mol. The number of allylic oxidation sites excluding steroid dienone is 1. The number of hydrogen-bond acceptors (Lipinski definition) is 4. The van der Waals surface area contributed by atoms with Crippen molar-refractivity contribution in [2.45, 2.75) is 24.9 Å². The molecule has 0 fully saturated rings. The van der Waals surface area contributed by atoms with E-state index in [1.54, 1.807) is 13.4 Å². The van der Waals surface area contributed by atoms with Crippen molar-refractivity contribution in [2.75, 3.05) is 13.7 Å². The summed E-state index contributed by atoms with van der Waals surface area (Å²) < 4.78 is 7.06. The Bertz CT molecular complexity index is 347. The standard InChI is InChI=1S/C10H16N4O/c1-15-5-4-14-7-12-13-10(14)8-2-3-9(11)6-8/h2-3,7-9H,4-6,11H2,1H3. The van der Waals surface area contributed by atoms with E-state index in [2.05, 4.69) is 16.3 Å². The molecule has 0 bridgehead atoms. The van der Waals surface area contributed by atoms with Crippen molar-refractivity contribution in [1.29, 1.82) is 0 Å². The molecule has 1 aromatic rings. The van der Waals surface area contributed by atoms with Gasteiger partial charge in [-0.3, -0.25) is 0 Å². The molecule has 2 unspecified atom stereocenters. The van der Waals surface area contributed by atoms with Crippen LogP contribution in [0, 0.1) is 0 Å². The van der Waals surface area contributed by atoms with Gasteiger partial charge in [-0.15, -0.1) is 10.2 Å². The van der Waals surface area contributed by atoms with E-state index in [1.807, 2.05) is 10.6 Å². The molecular weight excluding hydrogens is 192 g/mol. The molecule has 2 N–H and O–H groups in total. The van der Waals surface area contributed by atoms with Gasteiger partial charge in [-0.05, 0) is 6.42 Å². The second-order valence-electron chi connectivity index (χ2n) is 3.77. The molecule has 1 aliphatic rings. The van der Waals surface area contributed by atoms with E-state index in [4.69, 9.17) is 10.5 Å². The van der Waals surface area contributed by atoms with Gasteiger partial charge in [-0.2, -0.15) is 0 Å². The second kappa shape index (κ2) is 4.55. The third kappa shape index (κ3) is 2.24. The first kappa shape index (κ1) is 10.3. The predicted octanol–water partition coefficient (Wildman–Crippen LogP) is 0.295. The van der Waals surface area contributed by atoms with Crippen LogP contribution in [-0.2, 0) is 11.3 Å². The van der Waals surface area contributed by atoms with E-state index in [1.165, 1.54) is 0 Å². The maximum atomic E-state index is 5.81. The quantitative estimate of drug-likeness (QED) is 0.722. The van der Waals surface area contributed by atoms with Crippen molar-refractivity contribution >= 4 is 0 Å². The van der Waals surface area contributed by atoms with Crippen LogP contribution >= 0.6 is 0 Å². The maximum absolute atomic E-state index is 5.81. The Hall–Kier alpha value is -1.20. The summed E-state index contributed by atoms with van der Waals surface area (Å²) in [6, 6.07) is 0.155. The molecule has 0 amide bonds. The van der Waals surface area contributed by atoms with E-state index in [0.717, 1.165) is 18.8 Å². The average Bonchev–Trinajstić information content (AvgIpc) is 2.82. The number of nitrogens with two attached hydrogens (primary N) is 1. The van der Waals surface area contributed by atoms with Crippen molar-refractivity contribution in [3.8, 4) is 0 Å². The lowest BCUT2D eigenvalue weighted by Crippen LogP contribution is -2.16. The van der Waals surface area contributed by atoms with Gasteiger partial charge in [0.25, 0.3) is 0 Å². The van der Waals surface area contributed by atoms with Gasteiger partial charge in [-0.1, -0.05) is 12.2 Å². The van der Waals surface area contributed by atoms with Crippen molar-refractivity contribution < 1.29 is 4.74 Å². The number of rotatable bonds is 4. The summed E-state index contributed by atoms with van der Waals surface area (Å²) in [6.45, 7) is 1.46. The summed E-state index contributed by atoms with van der Waals surface area (Å²) in [7, 11) is 1.69. The van der Waals surface area contributed by atoms with Gasteiger partial charge in [0.05, 0.1) is 6.61 Å². The molecule has 2 rings (SSSR count). The van der Waals surface area contributed by atoms with Gasteiger partial charge >= 0.3 is 0 Å². The second-order valence-corrected chi connectivity index (χ2v) is 3.77. The highest BCUT2D eigenvalue weighted by Gasteiger charge is 2.21. The minimum Gasteiger partial charge on any atom is -0.383 e. The van der Waals surface area contributed by atoms with Crippen LogP contribution in [-0.4, -0.2) is 34.5 Å². The van der Waals surface area contributed by atoms with Crippen LogP contribution in [0.15, 0.2) is 18.5 Å². The number of ether oxygens (including phenoxy) is 1. The third-order valence-electron chi connectivity index (χ3n) is 2.63. The fourth-order valence-corrected chi connectivity index (χ4v) is 1.83. The summed E-state index contributed by atoms with van der Waals surface area (Å²) in [4.78, 5) is 0. The molecule has 0 saturated carbocycles. The van der Waals surface area contributed by atoms with Gasteiger partial charge in [0.1, 0.15) is 12.2 Å². The molecule has 0 aliphatic heterocycles. The first-order chi connectivity index (χ1) is 7.31. The van der Waals surface area contributed by atoms with Crippen LogP contribution < -0.4 is 5.73 Å². The molecule has 82 valence electrons. The maximum Gasteiger partial charge on any atom is 0.139 e. The average molecular weight is 208 g/mol. The summed E-state index contributed by atoms with van der Waals surface area (Å²) in [6.07, 6.45) is 6.80. The number of nitrogens with zero attached hydrogens (tertiary/aromatic N) is 3. The lowest BCUT2D eigenvalue weighted by atomic mass is 10.1. The molecule has 1 aliphatic carbocycles. The SMILES string of the molecule is COCCn1cnnc1C1C=CC(N)C1. The summed E-state index contributed by atoms with van der Waals surface area (Å²) >= 11 is 0. The van der Waals surface area contributed by atoms with Crippen molar-refractivity contribution in [1.82, 2.24) is 14.8 Å². The smallest absolute Gasteiger partial charge is 0.139 e. The fraction of sp³-hybridized carbons (Fsp3) is 0.600. The van der Waals surface area contributed by atoms with Crippen LogP contribution in [0.1, 0.15) is 18.2 Å². The fourth-order valence-electron chi connectivity index (χ4n) is 1.83. The highest BCUT2D eigenvalue weighted by molar-refractivity contribution is 5.16. The van der Waals surface area contributed by atoms with E-state index >= 15 is 0 Å². The van der Waals surface area contributed by atoms with Crippen LogP contribution in [0.25, 0.3) is 0 Å². The van der Waals surface area contributed by atoms with E-state index in [0.29, 0.717) is 12.5 Å². The molecule has 0 radical (unpaired) electrons. The minimum atomic E-state index is 0.155.